The maximum Gasteiger partial charge on any atom is 0.268 e. The highest BCUT2D eigenvalue weighted by Gasteiger charge is 2.27. The Morgan fingerprint density at radius 3 is 2.39 bits per heavy atom. The van der Waals surface area contributed by atoms with Crippen LogP contribution in [0.25, 0.3) is 10.9 Å². The summed E-state index contributed by atoms with van der Waals surface area (Å²) in [6.45, 7) is 2.63. The van der Waals surface area contributed by atoms with Crippen molar-refractivity contribution in [1.82, 2.24) is 9.29 Å². The number of anilines is 1. The number of hydrogen-bond donors (Lipinski definition) is 1. The van der Waals surface area contributed by atoms with Crippen LogP contribution in [-0.2, 0) is 10.0 Å². The fourth-order valence-electron chi connectivity index (χ4n) is 3.68. The molecule has 0 saturated carbocycles. The highest BCUT2D eigenvalue weighted by molar-refractivity contribution is 7.90. The molecule has 2 heterocycles. The number of fused-ring (bicyclic) bond motifs is 1. The maximum absolute atomic E-state index is 13.8. The molecule has 0 unspecified atom stereocenters. The molecule has 1 aliphatic heterocycles. The van der Waals surface area contributed by atoms with Crippen molar-refractivity contribution < 1.29 is 30.7 Å². The van der Waals surface area contributed by atoms with Gasteiger partial charge in [0.05, 0.1) is 23.2 Å². The van der Waals surface area contributed by atoms with Crippen molar-refractivity contribution in [3.05, 3.63) is 53.7 Å². The number of aromatic nitrogens is 1. The second-order valence-corrected chi connectivity index (χ2v) is 8.86. The summed E-state index contributed by atoms with van der Waals surface area (Å²) in [5.74, 6) is -2.21. The van der Waals surface area contributed by atoms with E-state index in [0.717, 1.165) is 0 Å². The van der Waals surface area contributed by atoms with Gasteiger partial charge in [0.15, 0.2) is 11.6 Å². The van der Waals surface area contributed by atoms with E-state index in [-0.39, 0.29) is 15.8 Å². The summed E-state index contributed by atoms with van der Waals surface area (Å²) in [5.41, 5.74) is -0.532. The van der Waals surface area contributed by atoms with Crippen molar-refractivity contribution in [3.63, 3.8) is 0 Å². The summed E-state index contributed by atoms with van der Waals surface area (Å²) >= 11 is 0. The van der Waals surface area contributed by atoms with E-state index in [1.807, 2.05) is 4.90 Å². The molecule has 1 aromatic heterocycles. The fourth-order valence-corrected chi connectivity index (χ4v) is 5.07. The second-order valence-electron chi connectivity index (χ2n) is 7.04. The van der Waals surface area contributed by atoms with E-state index in [2.05, 4.69) is 5.32 Å². The number of nitrogens with zero attached hydrogens (tertiary/aromatic N) is 2. The van der Waals surface area contributed by atoms with Gasteiger partial charge < -0.3 is 15.0 Å². The molecule has 2 aromatic carbocycles. The zero-order valence-corrected chi connectivity index (χ0v) is 17.2. The third-order valence-corrected chi connectivity index (χ3v) is 6.91. The standard InChI is InChI=1S/C20H19F4N3O3S/c1-30-19-3-2-12(8-18(19)26-6-4-25-5-7-26)31(28,29)27-11-14(20(23)24)13-9-15(21)16(22)10-17(13)27/h2-3,8-11,20,25H,4-7H2,1H3. The smallest absolute Gasteiger partial charge is 0.268 e. The summed E-state index contributed by atoms with van der Waals surface area (Å²) in [5, 5.41) is 2.83. The molecule has 31 heavy (non-hydrogen) atoms. The van der Waals surface area contributed by atoms with Gasteiger partial charge in [-0.3, -0.25) is 0 Å². The maximum atomic E-state index is 13.8. The first kappa shape index (κ1) is 21.4. The van der Waals surface area contributed by atoms with E-state index in [1.165, 1.54) is 25.3 Å². The lowest BCUT2D eigenvalue weighted by molar-refractivity contribution is 0.153. The molecule has 6 nitrogen and oxygen atoms in total. The number of halogens is 4. The minimum atomic E-state index is -4.40. The Hall–Kier alpha value is -2.79. The predicted octanol–water partition coefficient (Wildman–Crippen LogP) is 3.51. The Balaban J connectivity index is 1.89. The number of benzene rings is 2. The minimum absolute atomic E-state index is 0.190. The van der Waals surface area contributed by atoms with E-state index in [0.29, 0.717) is 59.9 Å². The van der Waals surface area contributed by atoms with Gasteiger partial charge in [-0.2, -0.15) is 0 Å². The van der Waals surface area contributed by atoms with Gasteiger partial charge in [0.25, 0.3) is 16.4 Å². The van der Waals surface area contributed by atoms with Gasteiger partial charge >= 0.3 is 0 Å². The first-order valence-corrected chi connectivity index (χ1v) is 10.9. The first-order chi connectivity index (χ1) is 14.7. The summed E-state index contributed by atoms with van der Waals surface area (Å²) < 4.78 is 87.1. The van der Waals surface area contributed by atoms with Gasteiger partial charge in [0, 0.05) is 49.4 Å². The molecule has 166 valence electrons. The largest absolute Gasteiger partial charge is 0.495 e. The Morgan fingerprint density at radius 2 is 1.74 bits per heavy atom. The van der Waals surface area contributed by atoms with E-state index in [1.54, 1.807) is 0 Å². The van der Waals surface area contributed by atoms with Crippen molar-refractivity contribution in [1.29, 1.82) is 0 Å². The van der Waals surface area contributed by atoms with Gasteiger partial charge in [-0.1, -0.05) is 0 Å². The van der Waals surface area contributed by atoms with Crippen LogP contribution in [0.5, 0.6) is 5.75 Å². The van der Waals surface area contributed by atoms with Crippen molar-refractivity contribution >= 4 is 26.6 Å². The van der Waals surface area contributed by atoms with Gasteiger partial charge in [0.1, 0.15) is 5.75 Å². The molecule has 0 atom stereocenters. The van der Waals surface area contributed by atoms with E-state index >= 15 is 0 Å². The average Bonchev–Trinajstić information content (AvgIpc) is 3.13. The highest BCUT2D eigenvalue weighted by atomic mass is 32.2. The number of rotatable bonds is 5. The van der Waals surface area contributed by atoms with Crippen LogP contribution in [-0.4, -0.2) is 45.7 Å². The average molecular weight is 457 g/mol. The molecule has 1 fully saturated rings. The number of piperazine rings is 1. The van der Waals surface area contributed by atoms with Crippen LogP contribution in [0.2, 0.25) is 0 Å². The molecule has 3 aromatic rings. The topological polar surface area (TPSA) is 63.6 Å². The molecular formula is C20H19F4N3O3S. The van der Waals surface area contributed by atoms with Crippen LogP contribution < -0.4 is 15.0 Å². The quantitative estimate of drug-likeness (QED) is 0.595. The molecule has 11 heteroatoms. The fraction of sp³-hybridized carbons (Fsp3) is 0.300. The number of ether oxygens (including phenoxy) is 1. The van der Waals surface area contributed by atoms with Crippen molar-refractivity contribution in [2.45, 2.75) is 11.3 Å². The van der Waals surface area contributed by atoms with Gasteiger partial charge in [0.2, 0.25) is 0 Å². The van der Waals surface area contributed by atoms with Crippen LogP contribution in [0.1, 0.15) is 12.0 Å². The molecule has 0 amide bonds. The van der Waals surface area contributed by atoms with E-state index in [4.69, 9.17) is 4.74 Å². The predicted molar refractivity (Wildman–Crippen MR) is 107 cm³/mol. The molecule has 0 aliphatic carbocycles. The van der Waals surface area contributed by atoms with E-state index < -0.39 is 33.6 Å². The number of hydrogen-bond acceptors (Lipinski definition) is 5. The van der Waals surface area contributed by atoms with Crippen LogP contribution in [0, 0.1) is 11.6 Å². The van der Waals surface area contributed by atoms with Gasteiger partial charge in [-0.25, -0.2) is 30.0 Å². The van der Waals surface area contributed by atoms with Gasteiger partial charge in [-0.15, -0.1) is 0 Å². The van der Waals surface area contributed by atoms with Crippen molar-refractivity contribution in [2.24, 2.45) is 0 Å². The summed E-state index contributed by atoms with van der Waals surface area (Å²) in [4.78, 5) is 1.76. The molecule has 0 radical (unpaired) electrons. The normalized spacial score (nSPS) is 15.1. The third kappa shape index (κ3) is 3.72. The lowest BCUT2D eigenvalue weighted by Gasteiger charge is -2.30. The molecule has 1 aliphatic rings. The Morgan fingerprint density at radius 1 is 1.06 bits per heavy atom. The summed E-state index contributed by atoms with van der Waals surface area (Å²) in [6.07, 6.45) is -2.37. The molecule has 4 rings (SSSR count). The third-order valence-electron chi connectivity index (χ3n) is 5.24. The van der Waals surface area contributed by atoms with Crippen LogP contribution >= 0.6 is 0 Å². The zero-order chi connectivity index (χ0) is 22.3. The van der Waals surface area contributed by atoms with Crippen LogP contribution in [0.3, 0.4) is 0 Å². The van der Waals surface area contributed by atoms with Crippen LogP contribution in [0.15, 0.2) is 41.4 Å². The Labute approximate surface area is 176 Å². The lowest BCUT2D eigenvalue weighted by atomic mass is 10.2. The molecular weight excluding hydrogens is 438 g/mol. The highest BCUT2D eigenvalue weighted by Crippen LogP contribution is 2.36. The molecule has 0 bridgehead atoms. The zero-order valence-electron chi connectivity index (χ0n) is 16.4. The second kappa shape index (κ2) is 8.04. The summed E-state index contributed by atoms with van der Waals surface area (Å²) in [6, 6.07) is 5.35. The molecule has 1 saturated heterocycles. The lowest BCUT2D eigenvalue weighted by Crippen LogP contribution is -2.43. The monoisotopic (exact) mass is 457 g/mol. The Bertz CT molecular complexity index is 1240. The van der Waals surface area contributed by atoms with Crippen molar-refractivity contribution in [3.8, 4) is 5.75 Å². The number of methoxy groups -OCH3 is 1. The van der Waals surface area contributed by atoms with Crippen LogP contribution in [0.4, 0.5) is 23.2 Å². The number of alkyl halides is 2. The Kier molecular flexibility index (Phi) is 5.56. The number of nitrogens with one attached hydrogen (secondary N) is 1. The van der Waals surface area contributed by atoms with E-state index in [9.17, 15) is 26.0 Å². The molecule has 0 spiro atoms. The summed E-state index contributed by atoms with van der Waals surface area (Å²) in [7, 11) is -2.94. The van der Waals surface area contributed by atoms with Crippen molar-refractivity contribution in [2.75, 3.05) is 38.2 Å². The van der Waals surface area contributed by atoms with Gasteiger partial charge in [-0.05, 0) is 24.3 Å². The minimum Gasteiger partial charge on any atom is -0.495 e. The molecule has 1 N–H and O–H groups in total. The first-order valence-electron chi connectivity index (χ1n) is 9.41. The SMILES string of the molecule is COc1ccc(S(=O)(=O)n2cc(C(F)F)c3cc(F)c(F)cc32)cc1N1CCNCC1.